The molecule has 3 fully saturated rings. The number of carboxylic acids is 1. The first-order valence-electron chi connectivity index (χ1n) is 16.5. The van der Waals surface area contributed by atoms with Gasteiger partial charge < -0.3 is 39.4 Å². The Morgan fingerprint density at radius 3 is 2.28 bits per heavy atom. The molecule has 250 valence electrons. The van der Waals surface area contributed by atoms with E-state index in [9.17, 15) is 14.7 Å². The monoisotopic (exact) mass is 644 g/mol. The molecule has 3 aromatic rings. The molecule has 3 aliphatic heterocycles. The van der Waals surface area contributed by atoms with Crippen LogP contribution in [-0.4, -0.2) is 71.7 Å². The molecule has 0 unspecified atom stereocenters. The lowest BCUT2D eigenvalue weighted by Gasteiger charge is -2.44. The summed E-state index contributed by atoms with van der Waals surface area (Å²) >= 11 is 0. The van der Waals surface area contributed by atoms with Crippen molar-refractivity contribution in [2.24, 2.45) is 5.92 Å². The Labute approximate surface area is 275 Å². The molecule has 1 spiro atoms. The van der Waals surface area contributed by atoms with Crippen LogP contribution in [0.2, 0.25) is 0 Å². The van der Waals surface area contributed by atoms with E-state index in [1.807, 2.05) is 66.7 Å². The van der Waals surface area contributed by atoms with Gasteiger partial charge in [-0.2, -0.15) is 0 Å². The van der Waals surface area contributed by atoms with E-state index in [-0.39, 0.29) is 43.5 Å². The molecule has 3 aliphatic rings. The van der Waals surface area contributed by atoms with Gasteiger partial charge in [0, 0.05) is 56.9 Å². The number of aliphatic hydroxyl groups excluding tert-OH is 1. The molecular formula is C37H44N2O8. The van der Waals surface area contributed by atoms with Gasteiger partial charge in [0.2, 0.25) is 5.91 Å². The van der Waals surface area contributed by atoms with Gasteiger partial charge in [-0.25, -0.2) is 0 Å². The Balaban J connectivity index is 1.19. The van der Waals surface area contributed by atoms with Gasteiger partial charge in [0.15, 0.2) is 12.1 Å². The van der Waals surface area contributed by atoms with Crippen LogP contribution in [0.25, 0.3) is 11.1 Å². The number of aliphatic hydroxyl groups is 1. The second-order valence-corrected chi connectivity index (χ2v) is 12.7. The molecular weight excluding hydrogens is 600 g/mol. The fourth-order valence-corrected chi connectivity index (χ4v) is 6.68. The summed E-state index contributed by atoms with van der Waals surface area (Å²) in [5.74, 6) is -1.64. The topological polar surface area (TPSA) is 127 Å². The zero-order valence-corrected chi connectivity index (χ0v) is 26.8. The summed E-state index contributed by atoms with van der Waals surface area (Å²) in [4.78, 5) is 25.3. The second-order valence-electron chi connectivity index (χ2n) is 12.7. The Hall–Kier alpha value is -3.64. The smallest absolute Gasteiger partial charge is 0.303 e. The Kier molecular flexibility index (Phi) is 10.7. The number of carbonyl (C=O) groups excluding carboxylic acids is 1. The molecule has 0 radical (unpaired) electrons. The molecule has 0 aromatic heterocycles. The standard InChI is InChI=1S/C37H44N2O8/c1-25-32(23-39-16-14-37(15-17-39)44-18-19-45-37)46-36(47-35(25)28-10-8-26(24-40)9-11-28)31-7-3-6-30(21-31)29-5-2-4-27(20-29)22-38-33(41)12-13-34(42)43/h2-11,20-21,25,32,35-36,40H,12-19,22-24H2,1H3,(H,38,41)(H,42,43)/t25-,32+,35+,36+/m1/s1. The van der Waals surface area contributed by atoms with E-state index in [0.29, 0.717) is 19.8 Å². The number of carboxylic acid groups (broad SMARTS) is 1. The highest BCUT2D eigenvalue weighted by molar-refractivity contribution is 5.80. The van der Waals surface area contributed by atoms with Crippen LogP contribution >= 0.6 is 0 Å². The molecule has 4 atom stereocenters. The van der Waals surface area contributed by atoms with Crippen molar-refractivity contribution in [3.05, 3.63) is 95.1 Å². The van der Waals surface area contributed by atoms with Crippen molar-refractivity contribution in [1.82, 2.24) is 10.2 Å². The summed E-state index contributed by atoms with van der Waals surface area (Å²) in [5.41, 5.74) is 5.71. The van der Waals surface area contributed by atoms with Crippen LogP contribution in [0.4, 0.5) is 0 Å². The second kappa shape index (κ2) is 15.1. The van der Waals surface area contributed by atoms with E-state index in [1.54, 1.807) is 0 Å². The van der Waals surface area contributed by atoms with Gasteiger partial charge in [-0.3, -0.25) is 9.59 Å². The number of rotatable bonds is 11. The van der Waals surface area contributed by atoms with E-state index in [2.05, 4.69) is 23.2 Å². The predicted octanol–water partition coefficient (Wildman–Crippen LogP) is 4.96. The van der Waals surface area contributed by atoms with E-state index in [4.69, 9.17) is 24.1 Å². The molecule has 3 saturated heterocycles. The van der Waals surface area contributed by atoms with E-state index in [0.717, 1.165) is 65.9 Å². The highest BCUT2D eigenvalue weighted by Crippen LogP contribution is 2.43. The SMILES string of the molecule is C[C@@H]1[C@H](CN2CCC3(CC2)OCCO3)O[C@H](c2cccc(-c3cccc(CNC(=O)CCC(=O)O)c3)c2)O[C@@H]1c1ccc(CO)cc1. The molecule has 0 aliphatic carbocycles. The molecule has 3 heterocycles. The number of likely N-dealkylation sites (tertiary alicyclic amines) is 1. The third-order valence-corrected chi connectivity index (χ3v) is 9.47. The van der Waals surface area contributed by atoms with E-state index < -0.39 is 18.0 Å². The molecule has 47 heavy (non-hydrogen) atoms. The predicted molar refractivity (Wildman–Crippen MR) is 174 cm³/mol. The van der Waals surface area contributed by atoms with Gasteiger partial charge in [0.1, 0.15) is 0 Å². The van der Waals surface area contributed by atoms with Crippen molar-refractivity contribution >= 4 is 11.9 Å². The molecule has 10 heteroatoms. The number of hydrogen-bond donors (Lipinski definition) is 3. The molecule has 0 saturated carbocycles. The quantitative estimate of drug-likeness (QED) is 0.266. The minimum absolute atomic E-state index is 0.00924. The van der Waals surface area contributed by atoms with Crippen molar-refractivity contribution in [3.8, 4) is 11.1 Å². The van der Waals surface area contributed by atoms with Crippen molar-refractivity contribution < 1.29 is 38.7 Å². The van der Waals surface area contributed by atoms with Gasteiger partial charge in [-0.05, 0) is 39.9 Å². The van der Waals surface area contributed by atoms with Crippen LogP contribution in [-0.2, 0) is 41.7 Å². The largest absolute Gasteiger partial charge is 0.481 e. The molecule has 1 amide bonds. The van der Waals surface area contributed by atoms with Crippen molar-refractivity contribution in [2.75, 3.05) is 32.8 Å². The van der Waals surface area contributed by atoms with Crippen molar-refractivity contribution in [1.29, 1.82) is 0 Å². The Morgan fingerprint density at radius 2 is 1.57 bits per heavy atom. The lowest BCUT2D eigenvalue weighted by atomic mass is 9.89. The molecule has 3 N–H and O–H groups in total. The normalized spacial score (nSPS) is 24.3. The fourth-order valence-electron chi connectivity index (χ4n) is 6.68. The summed E-state index contributed by atoms with van der Waals surface area (Å²) in [7, 11) is 0. The number of carbonyl (C=O) groups is 2. The fraction of sp³-hybridized carbons (Fsp3) is 0.459. The maximum atomic E-state index is 12.1. The van der Waals surface area contributed by atoms with Gasteiger partial charge in [-0.1, -0.05) is 67.6 Å². The summed E-state index contributed by atoms with van der Waals surface area (Å²) in [6.07, 6.45) is 0.550. The summed E-state index contributed by atoms with van der Waals surface area (Å²) < 4.78 is 25.4. The molecule has 3 aromatic carbocycles. The number of nitrogens with zero attached hydrogens (tertiary/aromatic N) is 1. The average Bonchev–Trinajstić information content (AvgIpc) is 3.56. The van der Waals surface area contributed by atoms with Gasteiger partial charge in [0.25, 0.3) is 0 Å². The Morgan fingerprint density at radius 1 is 0.872 bits per heavy atom. The molecule has 6 rings (SSSR count). The third-order valence-electron chi connectivity index (χ3n) is 9.47. The van der Waals surface area contributed by atoms with E-state index >= 15 is 0 Å². The minimum atomic E-state index is -0.992. The van der Waals surface area contributed by atoms with Crippen LogP contribution in [0.1, 0.15) is 67.3 Å². The van der Waals surface area contributed by atoms with Gasteiger partial charge in [-0.15, -0.1) is 0 Å². The lowest BCUT2D eigenvalue weighted by molar-refractivity contribution is -0.278. The number of benzene rings is 3. The zero-order valence-electron chi connectivity index (χ0n) is 26.8. The minimum Gasteiger partial charge on any atom is -0.481 e. The highest BCUT2D eigenvalue weighted by atomic mass is 16.7. The average molecular weight is 645 g/mol. The number of nitrogens with one attached hydrogen (secondary N) is 1. The van der Waals surface area contributed by atoms with Crippen molar-refractivity contribution in [3.63, 3.8) is 0 Å². The summed E-state index contributed by atoms with van der Waals surface area (Å²) in [6, 6.07) is 24.0. The zero-order chi connectivity index (χ0) is 32.8. The van der Waals surface area contributed by atoms with Gasteiger partial charge in [0.05, 0.1) is 38.4 Å². The van der Waals surface area contributed by atoms with Crippen LogP contribution in [0.5, 0.6) is 0 Å². The maximum Gasteiger partial charge on any atom is 0.303 e. The Bertz CT molecular complexity index is 1510. The maximum absolute atomic E-state index is 12.1. The van der Waals surface area contributed by atoms with Crippen LogP contribution in [0.15, 0.2) is 72.8 Å². The first kappa shape index (κ1) is 33.3. The summed E-state index contributed by atoms with van der Waals surface area (Å²) in [5, 5.41) is 21.2. The van der Waals surface area contributed by atoms with Gasteiger partial charge >= 0.3 is 5.97 Å². The first-order valence-corrected chi connectivity index (χ1v) is 16.5. The van der Waals surface area contributed by atoms with Crippen molar-refractivity contribution in [2.45, 2.75) is 70.0 Å². The number of aliphatic carboxylic acids is 1. The number of piperidine rings is 1. The molecule has 0 bridgehead atoms. The third kappa shape index (κ3) is 8.27. The van der Waals surface area contributed by atoms with E-state index in [1.165, 1.54) is 0 Å². The number of ether oxygens (including phenoxy) is 4. The number of hydrogen-bond acceptors (Lipinski definition) is 8. The van der Waals surface area contributed by atoms with Crippen LogP contribution in [0, 0.1) is 5.92 Å². The first-order chi connectivity index (χ1) is 22.8. The number of amides is 1. The highest BCUT2D eigenvalue weighted by Gasteiger charge is 2.43. The molecule has 10 nitrogen and oxygen atoms in total. The van der Waals surface area contributed by atoms with Crippen LogP contribution < -0.4 is 5.32 Å². The van der Waals surface area contributed by atoms with Crippen LogP contribution in [0.3, 0.4) is 0 Å². The lowest BCUT2D eigenvalue weighted by Crippen LogP contribution is -2.50. The summed E-state index contributed by atoms with van der Waals surface area (Å²) in [6.45, 7) is 6.32.